The maximum Gasteiger partial charge on any atom is 0.322 e. The zero-order valence-corrected chi connectivity index (χ0v) is 8.45. The van der Waals surface area contributed by atoms with Gasteiger partial charge < -0.3 is 15.7 Å². The van der Waals surface area contributed by atoms with E-state index < -0.39 is 18.4 Å². The van der Waals surface area contributed by atoms with E-state index in [2.05, 4.69) is 10.6 Å². The third-order valence-corrected chi connectivity index (χ3v) is 2.31. The third-order valence-electron chi connectivity index (χ3n) is 2.31. The minimum atomic E-state index is -1.11. The number of carboxylic acid groups (broad SMARTS) is 1. The number of carbonyl (C=O) groups is 3. The van der Waals surface area contributed by atoms with E-state index in [1.807, 2.05) is 6.92 Å². The van der Waals surface area contributed by atoms with Crippen LogP contribution in [0.3, 0.4) is 0 Å². The maximum absolute atomic E-state index is 11.3. The van der Waals surface area contributed by atoms with Crippen molar-refractivity contribution in [3.8, 4) is 0 Å². The van der Waals surface area contributed by atoms with Crippen LogP contribution in [0.25, 0.3) is 0 Å². The summed E-state index contributed by atoms with van der Waals surface area (Å²) in [6, 6.07) is 0. The number of hydrogen-bond donors (Lipinski definition) is 3. The zero-order chi connectivity index (χ0) is 11.4. The van der Waals surface area contributed by atoms with Crippen molar-refractivity contribution in [1.82, 2.24) is 10.6 Å². The molecule has 1 aliphatic rings. The Morgan fingerprint density at radius 2 is 1.87 bits per heavy atom. The van der Waals surface area contributed by atoms with Crippen molar-refractivity contribution in [3.63, 3.8) is 0 Å². The number of rotatable bonds is 5. The SMILES string of the molecule is CC1CC1C(=O)NCC(=O)NCC(=O)O. The summed E-state index contributed by atoms with van der Waals surface area (Å²) in [5, 5.41) is 12.9. The molecule has 0 radical (unpaired) electrons. The first-order chi connectivity index (χ1) is 7.00. The van der Waals surface area contributed by atoms with E-state index >= 15 is 0 Å². The van der Waals surface area contributed by atoms with E-state index in [0.29, 0.717) is 5.92 Å². The molecule has 0 saturated heterocycles. The molecule has 1 fully saturated rings. The van der Waals surface area contributed by atoms with Gasteiger partial charge in [-0.15, -0.1) is 0 Å². The van der Waals surface area contributed by atoms with Crippen LogP contribution in [0.15, 0.2) is 0 Å². The standard InChI is InChI=1S/C9H14N2O4/c1-5-2-6(5)9(15)11-3-7(12)10-4-8(13)14/h5-6H,2-4H2,1H3,(H,10,12)(H,11,15)(H,13,14). The Morgan fingerprint density at radius 1 is 1.27 bits per heavy atom. The summed E-state index contributed by atoms with van der Waals surface area (Å²) in [5.74, 6) is -1.30. The minimum Gasteiger partial charge on any atom is -0.480 e. The molecule has 0 aromatic heterocycles. The van der Waals surface area contributed by atoms with Gasteiger partial charge in [-0.2, -0.15) is 0 Å². The van der Waals surface area contributed by atoms with E-state index in [1.165, 1.54) is 0 Å². The molecular weight excluding hydrogens is 200 g/mol. The first kappa shape index (κ1) is 11.5. The van der Waals surface area contributed by atoms with Crippen molar-refractivity contribution in [2.24, 2.45) is 11.8 Å². The van der Waals surface area contributed by atoms with Gasteiger partial charge in [0.1, 0.15) is 6.54 Å². The molecule has 1 saturated carbocycles. The van der Waals surface area contributed by atoms with Gasteiger partial charge in [0, 0.05) is 5.92 Å². The molecular formula is C9H14N2O4. The molecule has 2 unspecified atom stereocenters. The highest BCUT2D eigenvalue weighted by Crippen LogP contribution is 2.37. The highest BCUT2D eigenvalue weighted by atomic mass is 16.4. The molecule has 6 nitrogen and oxygen atoms in total. The Hall–Kier alpha value is -1.59. The molecule has 0 bridgehead atoms. The highest BCUT2D eigenvalue weighted by Gasteiger charge is 2.38. The Labute approximate surface area is 87.0 Å². The predicted molar refractivity (Wildman–Crippen MR) is 50.9 cm³/mol. The van der Waals surface area contributed by atoms with Gasteiger partial charge >= 0.3 is 5.97 Å². The Bertz CT molecular complexity index is 290. The average molecular weight is 214 g/mol. The first-order valence-electron chi connectivity index (χ1n) is 4.77. The van der Waals surface area contributed by atoms with Crippen molar-refractivity contribution in [3.05, 3.63) is 0 Å². The van der Waals surface area contributed by atoms with E-state index in [1.54, 1.807) is 0 Å². The summed E-state index contributed by atoms with van der Waals surface area (Å²) in [7, 11) is 0. The van der Waals surface area contributed by atoms with Crippen LogP contribution in [0.1, 0.15) is 13.3 Å². The fraction of sp³-hybridized carbons (Fsp3) is 0.667. The number of carboxylic acids is 1. The molecule has 0 aromatic rings. The number of hydrogen-bond acceptors (Lipinski definition) is 3. The topological polar surface area (TPSA) is 95.5 Å². The lowest BCUT2D eigenvalue weighted by Crippen LogP contribution is -2.39. The van der Waals surface area contributed by atoms with Gasteiger partial charge in [-0.05, 0) is 12.3 Å². The van der Waals surface area contributed by atoms with Crippen LogP contribution in [0.5, 0.6) is 0 Å². The number of nitrogens with one attached hydrogen (secondary N) is 2. The lowest BCUT2D eigenvalue weighted by atomic mass is 10.3. The van der Waals surface area contributed by atoms with Crippen LogP contribution in [0.2, 0.25) is 0 Å². The molecule has 1 rings (SSSR count). The molecule has 2 amide bonds. The summed E-state index contributed by atoms with van der Waals surface area (Å²) >= 11 is 0. The lowest BCUT2D eigenvalue weighted by Gasteiger charge is -2.04. The van der Waals surface area contributed by atoms with Crippen LogP contribution in [-0.4, -0.2) is 36.0 Å². The summed E-state index contributed by atoms with van der Waals surface area (Å²) in [6.07, 6.45) is 0.864. The van der Waals surface area contributed by atoms with E-state index in [-0.39, 0.29) is 18.4 Å². The van der Waals surface area contributed by atoms with Crippen molar-refractivity contribution in [1.29, 1.82) is 0 Å². The number of amides is 2. The van der Waals surface area contributed by atoms with Crippen LogP contribution in [-0.2, 0) is 14.4 Å². The number of carbonyl (C=O) groups excluding carboxylic acids is 2. The van der Waals surface area contributed by atoms with Crippen molar-refractivity contribution in [2.45, 2.75) is 13.3 Å². The largest absolute Gasteiger partial charge is 0.480 e. The first-order valence-corrected chi connectivity index (χ1v) is 4.77. The second-order valence-corrected chi connectivity index (χ2v) is 3.71. The molecule has 0 aliphatic heterocycles. The van der Waals surface area contributed by atoms with Gasteiger partial charge in [0.05, 0.1) is 6.54 Å². The van der Waals surface area contributed by atoms with E-state index in [4.69, 9.17) is 5.11 Å². The van der Waals surface area contributed by atoms with Crippen LogP contribution >= 0.6 is 0 Å². The highest BCUT2D eigenvalue weighted by molar-refractivity contribution is 5.88. The van der Waals surface area contributed by atoms with E-state index in [9.17, 15) is 14.4 Å². The minimum absolute atomic E-state index is 0.0253. The molecule has 0 heterocycles. The normalized spacial score (nSPS) is 23.0. The molecule has 1 aliphatic carbocycles. The van der Waals surface area contributed by atoms with Gasteiger partial charge in [0.25, 0.3) is 0 Å². The van der Waals surface area contributed by atoms with Gasteiger partial charge in [-0.1, -0.05) is 6.92 Å². The summed E-state index contributed by atoms with van der Waals surface area (Å²) < 4.78 is 0. The second-order valence-electron chi connectivity index (χ2n) is 3.71. The monoisotopic (exact) mass is 214 g/mol. The maximum atomic E-state index is 11.3. The van der Waals surface area contributed by atoms with Crippen LogP contribution in [0.4, 0.5) is 0 Å². The van der Waals surface area contributed by atoms with Gasteiger partial charge in [-0.25, -0.2) is 0 Å². The molecule has 0 spiro atoms. The molecule has 84 valence electrons. The molecule has 2 atom stereocenters. The Kier molecular flexibility index (Phi) is 3.65. The fourth-order valence-corrected chi connectivity index (χ4v) is 1.22. The lowest BCUT2D eigenvalue weighted by molar-refractivity contribution is -0.137. The van der Waals surface area contributed by atoms with Gasteiger partial charge in [0.2, 0.25) is 11.8 Å². The Morgan fingerprint density at radius 3 is 2.33 bits per heavy atom. The molecule has 3 N–H and O–H groups in total. The summed E-state index contributed by atoms with van der Waals surface area (Å²) in [5.41, 5.74) is 0. The summed E-state index contributed by atoms with van der Waals surface area (Å²) in [4.78, 5) is 32.3. The Balaban J connectivity index is 2.11. The van der Waals surface area contributed by atoms with E-state index in [0.717, 1.165) is 6.42 Å². The van der Waals surface area contributed by atoms with Crippen molar-refractivity contribution in [2.75, 3.05) is 13.1 Å². The van der Waals surface area contributed by atoms with Crippen molar-refractivity contribution < 1.29 is 19.5 Å². The van der Waals surface area contributed by atoms with Gasteiger partial charge in [-0.3, -0.25) is 14.4 Å². The van der Waals surface area contributed by atoms with Crippen LogP contribution in [0, 0.1) is 11.8 Å². The number of aliphatic carboxylic acids is 1. The second kappa shape index (κ2) is 4.77. The fourth-order valence-electron chi connectivity index (χ4n) is 1.22. The quantitative estimate of drug-likeness (QED) is 0.544. The van der Waals surface area contributed by atoms with Gasteiger partial charge in [0.15, 0.2) is 0 Å². The summed E-state index contributed by atoms with van der Waals surface area (Å²) in [6.45, 7) is 1.39. The molecule has 6 heteroatoms. The van der Waals surface area contributed by atoms with Crippen LogP contribution < -0.4 is 10.6 Å². The zero-order valence-electron chi connectivity index (χ0n) is 8.45. The predicted octanol–water partition coefficient (Wildman–Crippen LogP) is -1.04. The molecule has 15 heavy (non-hydrogen) atoms. The third kappa shape index (κ3) is 3.97. The average Bonchev–Trinajstić information content (AvgIpc) is 2.88. The molecule has 0 aromatic carbocycles. The van der Waals surface area contributed by atoms with Crippen molar-refractivity contribution >= 4 is 17.8 Å². The smallest absolute Gasteiger partial charge is 0.322 e.